The van der Waals surface area contributed by atoms with Crippen molar-refractivity contribution in [3.63, 3.8) is 0 Å². The van der Waals surface area contributed by atoms with Crippen molar-refractivity contribution in [3.8, 4) is 0 Å². The van der Waals surface area contributed by atoms with Crippen LogP contribution in [-0.2, 0) is 11.3 Å². The molecule has 0 spiro atoms. The van der Waals surface area contributed by atoms with Gasteiger partial charge >= 0.3 is 5.97 Å². The Hall–Kier alpha value is -2.27. The number of H-pyrrole nitrogens is 1. The molecular formula is C13H11ClN2O3. The molecule has 0 aliphatic carbocycles. The Balaban J connectivity index is 1.95. The molecule has 1 aromatic carbocycles. The normalized spacial score (nSPS) is 10.2. The second kappa shape index (κ2) is 5.58. The third kappa shape index (κ3) is 3.35. The summed E-state index contributed by atoms with van der Waals surface area (Å²) in [6, 6.07) is 8.00. The van der Waals surface area contributed by atoms with E-state index in [0.717, 1.165) is 5.56 Å². The number of rotatable bonds is 4. The number of carbonyl (C=O) groups is 2. The minimum Gasteiger partial charge on any atom is -0.456 e. The number of primary amides is 1. The summed E-state index contributed by atoms with van der Waals surface area (Å²) in [6.45, 7) is 0.106. The number of ether oxygens (including phenoxy) is 1. The molecule has 0 radical (unpaired) electrons. The number of carbonyl (C=O) groups excluding carboxylic acids is 2. The minimum atomic E-state index is -0.496. The molecule has 0 unspecified atom stereocenters. The minimum absolute atomic E-state index is 0.106. The number of halogens is 1. The van der Waals surface area contributed by atoms with Gasteiger partial charge in [-0.3, -0.25) is 4.79 Å². The Labute approximate surface area is 114 Å². The first-order valence-electron chi connectivity index (χ1n) is 5.46. The average molecular weight is 279 g/mol. The van der Waals surface area contributed by atoms with Crippen LogP contribution in [0.2, 0.25) is 5.02 Å². The summed E-state index contributed by atoms with van der Waals surface area (Å²) < 4.78 is 5.08. The van der Waals surface area contributed by atoms with Crippen LogP contribution in [0.5, 0.6) is 0 Å². The van der Waals surface area contributed by atoms with Crippen molar-refractivity contribution in [1.29, 1.82) is 0 Å². The predicted molar refractivity (Wildman–Crippen MR) is 69.9 cm³/mol. The standard InChI is InChI=1S/C13H11ClN2O3/c14-10-5-11(16-6-10)13(18)19-7-8-1-3-9(4-2-8)12(15)17/h1-6,16H,7H2,(H2,15,17). The van der Waals surface area contributed by atoms with Crippen LogP contribution in [0.3, 0.4) is 0 Å². The zero-order chi connectivity index (χ0) is 13.8. The first-order chi connectivity index (χ1) is 9.06. The second-order valence-corrected chi connectivity index (χ2v) is 4.31. The molecule has 98 valence electrons. The summed E-state index contributed by atoms with van der Waals surface area (Å²) in [7, 11) is 0. The fourth-order valence-corrected chi connectivity index (χ4v) is 1.64. The molecule has 5 nitrogen and oxygen atoms in total. The van der Waals surface area contributed by atoms with Gasteiger partial charge in [-0.15, -0.1) is 0 Å². The summed E-state index contributed by atoms with van der Waals surface area (Å²) in [6.07, 6.45) is 1.50. The molecular weight excluding hydrogens is 268 g/mol. The highest BCUT2D eigenvalue weighted by molar-refractivity contribution is 6.30. The average Bonchev–Trinajstić information content (AvgIpc) is 2.83. The molecule has 19 heavy (non-hydrogen) atoms. The lowest BCUT2D eigenvalue weighted by Gasteiger charge is -2.04. The zero-order valence-corrected chi connectivity index (χ0v) is 10.6. The number of nitrogens with two attached hydrogens (primary N) is 1. The fraction of sp³-hybridized carbons (Fsp3) is 0.0769. The molecule has 3 N–H and O–H groups in total. The van der Waals surface area contributed by atoms with Crippen molar-refractivity contribution in [2.24, 2.45) is 5.73 Å². The lowest BCUT2D eigenvalue weighted by molar-refractivity contribution is 0.0466. The van der Waals surface area contributed by atoms with Crippen molar-refractivity contribution < 1.29 is 14.3 Å². The maximum absolute atomic E-state index is 11.6. The van der Waals surface area contributed by atoms with E-state index in [2.05, 4.69) is 4.98 Å². The van der Waals surface area contributed by atoms with E-state index in [0.29, 0.717) is 16.3 Å². The molecule has 2 rings (SSSR count). The summed E-state index contributed by atoms with van der Waals surface area (Å²) in [4.78, 5) is 25.2. The molecule has 6 heteroatoms. The number of nitrogens with one attached hydrogen (secondary N) is 1. The quantitative estimate of drug-likeness (QED) is 0.840. The van der Waals surface area contributed by atoms with Gasteiger partial charge in [0.15, 0.2) is 0 Å². The fourth-order valence-electron chi connectivity index (χ4n) is 1.48. The molecule has 0 aliphatic rings. The zero-order valence-electron chi connectivity index (χ0n) is 9.85. The van der Waals surface area contributed by atoms with Crippen LogP contribution < -0.4 is 5.73 Å². The molecule has 1 amide bonds. The molecule has 0 fully saturated rings. The van der Waals surface area contributed by atoms with Crippen LogP contribution in [0.1, 0.15) is 26.4 Å². The number of hydrogen-bond acceptors (Lipinski definition) is 3. The molecule has 1 aromatic heterocycles. The second-order valence-electron chi connectivity index (χ2n) is 3.87. The van der Waals surface area contributed by atoms with E-state index >= 15 is 0 Å². The number of hydrogen-bond donors (Lipinski definition) is 2. The van der Waals surface area contributed by atoms with E-state index in [1.54, 1.807) is 24.3 Å². The van der Waals surface area contributed by atoms with E-state index in [1.165, 1.54) is 12.3 Å². The summed E-state index contributed by atoms with van der Waals surface area (Å²) in [5.41, 5.74) is 6.58. The Bertz CT molecular complexity index is 605. The van der Waals surface area contributed by atoms with Crippen LogP contribution >= 0.6 is 11.6 Å². The maximum Gasteiger partial charge on any atom is 0.355 e. The van der Waals surface area contributed by atoms with Crippen molar-refractivity contribution in [1.82, 2.24) is 4.98 Å². The monoisotopic (exact) mass is 278 g/mol. The van der Waals surface area contributed by atoms with Crippen molar-refractivity contribution in [2.75, 3.05) is 0 Å². The molecule has 2 aromatic rings. The molecule has 0 aliphatic heterocycles. The Morgan fingerprint density at radius 3 is 2.47 bits per heavy atom. The summed E-state index contributed by atoms with van der Waals surface area (Å²) in [5.74, 6) is -0.990. The van der Waals surface area contributed by atoms with Gasteiger partial charge < -0.3 is 15.5 Å². The molecule has 0 saturated heterocycles. The van der Waals surface area contributed by atoms with E-state index in [9.17, 15) is 9.59 Å². The van der Waals surface area contributed by atoms with Gasteiger partial charge in [0.2, 0.25) is 5.91 Å². The number of benzene rings is 1. The van der Waals surface area contributed by atoms with Crippen LogP contribution in [0.15, 0.2) is 36.5 Å². The Kier molecular flexibility index (Phi) is 3.87. The van der Waals surface area contributed by atoms with Crippen LogP contribution in [0.25, 0.3) is 0 Å². The first-order valence-corrected chi connectivity index (χ1v) is 5.84. The number of amides is 1. The topological polar surface area (TPSA) is 85.2 Å². The predicted octanol–water partition coefficient (Wildman–Crippen LogP) is 2.12. The van der Waals surface area contributed by atoms with Gasteiger partial charge in [-0.05, 0) is 23.8 Å². The molecule has 0 atom stereocenters. The SMILES string of the molecule is NC(=O)c1ccc(COC(=O)c2cc(Cl)c[nH]2)cc1. The highest BCUT2D eigenvalue weighted by atomic mass is 35.5. The van der Waals surface area contributed by atoms with E-state index in [-0.39, 0.29) is 6.61 Å². The van der Waals surface area contributed by atoms with Gasteiger partial charge in [0, 0.05) is 11.8 Å². The van der Waals surface area contributed by atoms with Gasteiger partial charge in [-0.2, -0.15) is 0 Å². The van der Waals surface area contributed by atoms with Gasteiger partial charge in [-0.1, -0.05) is 23.7 Å². The van der Waals surface area contributed by atoms with Crippen LogP contribution in [-0.4, -0.2) is 16.9 Å². The van der Waals surface area contributed by atoms with Crippen LogP contribution in [0, 0.1) is 0 Å². The molecule has 0 saturated carbocycles. The van der Waals surface area contributed by atoms with Crippen molar-refractivity contribution in [3.05, 3.63) is 58.4 Å². The third-order valence-corrected chi connectivity index (χ3v) is 2.69. The number of aromatic amines is 1. The lowest BCUT2D eigenvalue weighted by Crippen LogP contribution is -2.11. The number of aromatic nitrogens is 1. The smallest absolute Gasteiger partial charge is 0.355 e. The van der Waals surface area contributed by atoms with Gasteiger partial charge in [0.1, 0.15) is 12.3 Å². The van der Waals surface area contributed by atoms with Crippen LogP contribution in [0.4, 0.5) is 0 Å². The van der Waals surface area contributed by atoms with E-state index in [4.69, 9.17) is 22.1 Å². The maximum atomic E-state index is 11.6. The molecule has 1 heterocycles. The highest BCUT2D eigenvalue weighted by Gasteiger charge is 2.09. The van der Waals surface area contributed by atoms with Gasteiger partial charge in [0.25, 0.3) is 0 Å². The number of esters is 1. The van der Waals surface area contributed by atoms with Crippen molar-refractivity contribution >= 4 is 23.5 Å². The summed E-state index contributed by atoms with van der Waals surface area (Å²) >= 11 is 5.69. The first kappa shape index (κ1) is 13.2. The van der Waals surface area contributed by atoms with E-state index in [1.807, 2.05) is 0 Å². The van der Waals surface area contributed by atoms with Crippen molar-refractivity contribution in [2.45, 2.75) is 6.61 Å². The van der Waals surface area contributed by atoms with Gasteiger partial charge in [-0.25, -0.2) is 4.79 Å². The Morgan fingerprint density at radius 1 is 1.26 bits per heavy atom. The molecule has 0 bridgehead atoms. The lowest BCUT2D eigenvalue weighted by atomic mass is 10.1. The Morgan fingerprint density at radius 2 is 1.95 bits per heavy atom. The highest BCUT2D eigenvalue weighted by Crippen LogP contribution is 2.12. The summed E-state index contributed by atoms with van der Waals surface area (Å²) in [5, 5.41) is 0.442. The largest absolute Gasteiger partial charge is 0.456 e. The third-order valence-electron chi connectivity index (χ3n) is 2.48. The van der Waals surface area contributed by atoms with E-state index < -0.39 is 11.9 Å². The van der Waals surface area contributed by atoms with Gasteiger partial charge in [0.05, 0.1) is 5.02 Å².